The predicted octanol–water partition coefficient (Wildman–Crippen LogP) is 7.58. The fourth-order valence-corrected chi connectivity index (χ4v) is 12.7. The lowest BCUT2D eigenvalue weighted by atomic mass is 9.76. The third kappa shape index (κ3) is 12.0. The van der Waals surface area contributed by atoms with Gasteiger partial charge in [0.15, 0.2) is 0 Å². The monoisotopic (exact) mass is 1070 g/mol. The van der Waals surface area contributed by atoms with Gasteiger partial charge in [-0.05, 0) is 88.5 Å². The van der Waals surface area contributed by atoms with Gasteiger partial charge in [0.05, 0.1) is 53.2 Å². The van der Waals surface area contributed by atoms with Gasteiger partial charge in [-0.1, -0.05) is 73.6 Å². The first-order valence-electron chi connectivity index (χ1n) is 28.5. The van der Waals surface area contributed by atoms with E-state index in [0.29, 0.717) is 64.2 Å². The number of carbonyl (C=O) groups excluding carboxylic acids is 5. The van der Waals surface area contributed by atoms with Crippen molar-refractivity contribution in [2.24, 2.45) is 46.4 Å². The van der Waals surface area contributed by atoms with Crippen LogP contribution in [0.25, 0.3) is 0 Å². The van der Waals surface area contributed by atoms with Crippen molar-refractivity contribution in [3.05, 3.63) is 69.8 Å². The van der Waals surface area contributed by atoms with Gasteiger partial charge in [0.25, 0.3) is 11.7 Å². The molecule has 5 N–H and O–H groups in total. The zero-order valence-electron chi connectivity index (χ0n) is 47.3. The molecule has 2 saturated heterocycles. The van der Waals surface area contributed by atoms with Crippen LogP contribution in [0.4, 0.5) is 0 Å². The number of nitrogens with one attached hydrogen (secondary N) is 2. The van der Waals surface area contributed by atoms with Crippen LogP contribution in [0.2, 0.25) is 0 Å². The highest BCUT2D eigenvalue weighted by molar-refractivity contribution is 6.34. The zero-order valence-corrected chi connectivity index (χ0v) is 47.3. The molecule has 1 spiro atoms. The minimum absolute atomic E-state index is 0.0231. The van der Waals surface area contributed by atoms with Crippen molar-refractivity contribution in [3.63, 3.8) is 0 Å². The second kappa shape index (κ2) is 23.5. The minimum atomic E-state index is -1.98. The topological polar surface area (TPSA) is 226 Å². The number of aromatic hydroxyl groups is 1. The first-order chi connectivity index (χ1) is 36.5. The molecule has 17 nitrogen and oxygen atoms in total. The maximum atomic E-state index is 15.0. The Hall–Kier alpha value is -5.36. The summed E-state index contributed by atoms with van der Waals surface area (Å²) in [6, 6.07) is 0. The molecule has 1 saturated carbocycles. The van der Waals surface area contributed by atoms with Crippen molar-refractivity contribution in [1.82, 2.24) is 20.4 Å². The standard InChI is InChI=1S/C60H85N5O12/c1-12-40-22-29-74-59(11)57(72)47-45-46(53(70)39(10)56(47)77-59)54(71)50(49-48(45)62-60(63-49)23-27-64(28-24-60)31-32(2)3)61-58(73)35(6)15-13-14-34(5)51(68)37(8)52(69)38(9)55(36(40)7)76-44(67)30-43(66)65-25-20-42(21-26-65)75-41-18-16-33(4)17-19-41/h13-15,22,29,32-34,36-38,40-42,51-52,55,63,68-70H,12,16-21,23-28,30-31H2,1-11H3,(H,61,73)/b14-13+,29-22+,35-15-/t33?,34-,36+,37+,38+,40-,41?,51-,52+,55+,59-/m0/s1. The van der Waals surface area contributed by atoms with Gasteiger partial charge in [-0.2, -0.15) is 0 Å². The number of phenolic OH excluding ortho intramolecular Hbond substituents is 1. The highest BCUT2D eigenvalue weighted by atomic mass is 16.7. The molecule has 1 aromatic carbocycles. The number of hydrogen-bond donors (Lipinski definition) is 5. The Morgan fingerprint density at radius 3 is 2.17 bits per heavy atom. The molecule has 9 atom stereocenters. The number of phenols is 1. The summed E-state index contributed by atoms with van der Waals surface area (Å²) in [6.07, 6.45) is 12.1. The molecule has 1 aromatic rings. The van der Waals surface area contributed by atoms with E-state index in [0.717, 1.165) is 38.1 Å². The van der Waals surface area contributed by atoms with E-state index < -0.39 is 89.0 Å². The number of piperidine rings is 2. The van der Waals surface area contributed by atoms with Crippen molar-refractivity contribution in [2.75, 3.05) is 32.7 Å². The van der Waals surface area contributed by atoms with Gasteiger partial charge in [-0.15, -0.1) is 0 Å². The molecule has 0 unspecified atom stereocenters. The molecule has 9 rings (SSSR count). The molecule has 0 aromatic heterocycles. The Kier molecular flexibility index (Phi) is 17.7. The van der Waals surface area contributed by atoms with Crippen LogP contribution >= 0.6 is 0 Å². The molecule has 77 heavy (non-hydrogen) atoms. The molecule has 3 fully saturated rings. The van der Waals surface area contributed by atoms with Crippen molar-refractivity contribution >= 4 is 35.1 Å². The number of ether oxygens (including phenoxy) is 4. The Bertz CT molecular complexity index is 2600. The van der Waals surface area contributed by atoms with Gasteiger partial charge in [0.1, 0.15) is 35.4 Å². The number of amides is 2. The number of allylic oxidation sites excluding steroid dienone is 5. The Morgan fingerprint density at radius 2 is 1.52 bits per heavy atom. The highest BCUT2D eigenvalue weighted by Crippen LogP contribution is 2.50. The number of aliphatic hydroxyl groups is 2. The molecular weight excluding hydrogens is 983 g/mol. The lowest BCUT2D eigenvalue weighted by Gasteiger charge is -2.38. The average molecular weight is 1070 g/mol. The predicted molar refractivity (Wildman–Crippen MR) is 291 cm³/mol. The van der Waals surface area contributed by atoms with Crippen molar-refractivity contribution in [2.45, 2.75) is 182 Å². The van der Waals surface area contributed by atoms with Crippen molar-refractivity contribution in [3.8, 4) is 11.5 Å². The number of fused-ring (bicyclic) bond motifs is 13. The number of nitrogens with zero attached hydrogens (tertiary/aromatic N) is 3. The van der Waals surface area contributed by atoms with Crippen LogP contribution in [0.5, 0.6) is 11.5 Å². The van der Waals surface area contributed by atoms with E-state index in [1.807, 2.05) is 13.8 Å². The van der Waals surface area contributed by atoms with Gasteiger partial charge in [0.2, 0.25) is 11.7 Å². The number of rotatable bonds is 8. The summed E-state index contributed by atoms with van der Waals surface area (Å²) in [6.45, 7) is 23.6. The first kappa shape index (κ1) is 57.8. The lowest BCUT2D eigenvalue weighted by molar-refractivity contribution is -0.164. The van der Waals surface area contributed by atoms with E-state index in [-0.39, 0.29) is 74.7 Å². The smallest absolute Gasteiger partial charge is 0.315 e. The fraction of sp³-hybridized carbons (Fsp3) is 0.667. The van der Waals surface area contributed by atoms with Gasteiger partial charge >= 0.3 is 11.8 Å². The number of esters is 1. The number of aliphatic hydroxyl groups excluding tert-OH is 2. The van der Waals surface area contributed by atoms with Crippen LogP contribution in [0.3, 0.4) is 0 Å². The van der Waals surface area contributed by atoms with Gasteiger partial charge in [-0.3, -0.25) is 29.0 Å². The molecule has 2 aliphatic carbocycles. The third-order valence-electron chi connectivity index (χ3n) is 17.8. The summed E-state index contributed by atoms with van der Waals surface area (Å²) in [4.78, 5) is 81.0. The summed E-state index contributed by atoms with van der Waals surface area (Å²) >= 11 is 0. The van der Waals surface area contributed by atoms with E-state index in [2.05, 4.69) is 36.3 Å². The molecular formula is C60H85N5O12. The first-order valence-corrected chi connectivity index (χ1v) is 28.5. The summed E-state index contributed by atoms with van der Waals surface area (Å²) < 4.78 is 25.4. The number of hydrogen-bond acceptors (Lipinski definition) is 15. The van der Waals surface area contributed by atoms with Crippen LogP contribution in [0.1, 0.15) is 165 Å². The second-order valence-corrected chi connectivity index (χ2v) is 24.0. The number of ketones is 2. The lowest BCUT2D eigenvalue weighted by Crippen LogP contribution is -2.50. The number of likely N-dealkylation sites (tertiary alicyclic amines) is 2. The van der Waals surface area contributed by atoms with Gasteiger partial charge < -0.3 is 54.7 Å². The minimum Gasteiger partial charge on any atom is -0.507 e. The van der Waals surface area contributed by atoms with Crippen LogP contribution in [-0.2, 0) is 28.6 Å². The molecule has 17 heteroatoms. The highest BCUT2D eigenvalue weighted by Gasteiger charge is 2.54. The molecule has 6 aliphatic heterocycles. The average Bonchev–Trinajstić information content (AvgIpc) is 4.07. The van der Waals surface area contributed by atoms with E-state index in [1.54, 1.807) is 63.8 Å². The maximum Gasteiger partial charge on any atom is 0.315 e. The molecule has 422 valence electrons. The number of carbonyl (C=O) groups is 5. The second-order valence-electron chi connectivity index (χ2n) is 24.0. The van der Waals surface area contributed by atoms with Crippen LogP contribution in [0.15, 0.2) is 52.5 Å². The fourth-order valence-electron chi connectivity index (χ4n) is 12.7. The van der Waals surface area contributed by atoms with E-state index in [4.69, 9.17) is 23.9 Å². The zero-order chi connectivity index (χ0) is 55.8. The van der Waals surface area contributed by atoms with Crippen LogP contribution in [-0.4, -0.2) is 135 Å². The molecule has 0 radical (unpaired) electrons. The number of Topliss-reactive ketones (excluding diaryl/α,β-unsaturated/α-hetero) is 2. The van der Waals surface area contributed by atoms with E-state index >= 15 is 4.79 Å². The normalized spacial score (nSPS) is 33.8. The van der Waals surface area contributed by atoms with E-state index in [1.165, 1.54) is 13.2 Å². The Balaban J connectivity index is 1.10. The summed E-state index contributed by atoms with van der Waals surface area (Å²) in [7, 11) is 0. The van der Waals surface area contributed by atoms with E-state index in [9.17, 15) is 34.5 Å². The van der Waals surface area contributed by atoms with Crippen molar-refractivity contribution < 1.29 is 58.2 Å². The van der Waals surface area contributed by atoms with Gasteiger partial charge in [-0.25, -0.2) is 0 Å². The van der Waals surface area contributed by atoms with Crippen LogP contribution in [0, 0.1) is 48.3 Å². The summed E-state index contributed by atoms with van der Waals surface area (Å²) in [5, 5.41) is 42.1. The third-order valence-corrected chi connectivity index (χ3v) is 17.8. The molecule has 6 heterocycles. The SMILES string of the molecule is CC[C@H]1/C=C/O[C@@]2(C)Oc3c(C)c(O)c4c(c3C2=O)C2=NC3(CCN(CC(C)C)CC3)NC2=C(NC(=O)/C(C)=C\C=C\[C@H](C)[C@H](O)[C@@H](C)[C@@H](O)[C@@H](C)[C@H](OC(=O)CC(=O)N2CCC(OC3CCC(C)CC3)CC2)[C@@H]1C)C4=O. The summed E-state index contributed by atoms with van der Waals surface area (Å²) in [5.74, 6) is -7.05. The molecule has 5 bridgehead atoms. The Labute approximate surface area is 454 Å². The van der Waals surface area contributed by atoms with Crippen LogP contribution < -0.4 is 15.4 Å². The van der Waals surface area contributed by atoms with Gasteiger partial charge in [0, 0.05) is 86.9 Å². The van der Waals surface area contributed by atoms with Crippen molar-refractivity contribution in [1.29, 1.82) is 0 Å². The Morgan fingerprint density at radius 1 is 0.857 bits per heavy atom. The molecule has 8 aliphatic rings. The number of benzene rings is 1. The largest absolute Gasteiger partial charge is 0.507 e. The quantitative estimate of drug-likeness (QED) is 0.125. The summed E-state index contributed by atoms with van der Waals surface area (Å²) in [5.41, 5.74) is -0.204. The maximum absolute atomic E-state index is 15.0. The molecule has 2 amide bonds. The number of aliphatic imine (C=N–C) groups is 1.